The van der Waals surface area contributed by atoms with Gasteiger partial charge in [0.2, 0.25) is 0 Å². The minimum atomic E-state index is -6.22. The van der Waals surface area contributed by atoms with E-state index in [0.717, 1.165) is 0 Å². The Morgan fingerprint density at radius 2 is 0.682 bits per heavy atom. The Labute approximate surface area is 242 Å². The summed E-state index contributed by atoms with van der Waals surface area (Å²) < 4.78 is 224. The zero-order chi connectivity index (χ0) is 34.5. The molecule has 0 aromatic heterocycles. The molecule has 0 aromatic rings. The van der Waals surface area contributed by atoms with E-state index in [0.29, 0.717) is 0 Å². The maximum Gasteiger partial charge on any atom is 0.437 e. The summed E-state index contributed by atoms with van der Waals surface area (Å²) in [7, 11) is -11.0. The first-order valence-electron chi connectivity index (χ1n) is 12.6. The summed E-state index contributed by atoms with van der Waals surface area (Å²) in [6.45, 7) is 0.562. The Hall–Kier alpha value is -2.00. The monoisotopic (exact) mass is 710 g/mol. The van der Waals surface area contributed by atoms with Gasteiger partial charge in [0.25, 0.3) is 17.7 Å². The first-order valence-corrected chi connectivity index (χ1v) is 16.3. The number of rotatable bonds is 7. The molecule has 22 heteroatoms. The Bertz CT molecular complexity index is 1160. The standard InChI is InChI=1S/C22H26F12O8S2/c1-11(35)41-17(19(23,24)25,20(26,27)28)13-3-7-15(8-4-13)43(37,38)44(39,40)16-9-5-14(6-10-16)18(21(29,30)31,22(32,33)34)42-12(2)36/h13-16H,3-10H2,1-2H3. The van der Waals surface area contributed by atoms with Crippen molar-refractivity contribution in [2.75, 3.05) is 0 Å². The van der Waals surface area contributed by atoms with Gasteiger partial charge in [-0.05, 0) is 51.4 Å². The van der Waals surface area contributed by atoms with Crippen LogP contribution in [0.4, 0.5) is 52.7 Å². The van der Waals surface area contributed by atoms with E-state index in [1.54, 1.807) is 0 Å². The minimum Gasteiger partial charge on any atom is -0.439 e. The van der Waals surface area contributed by atoms with Crippen LogP contribution in [0.2, 0.25) is 0 Å². The third-order valence-electron chi connectivity index (χ3n) is 7.93. The minimum absolute atomic E-state index is 0.281. The van der Waals surface area contributed by atoms with Gasteiger partial charge in [0.05, 0.1) is 10.5 Å². The van der Waals surface area contributed by atoms with Crippen molar-refractivity contribution < 1.29 is 88.6 Å². The van der Waals surface area contributed by atoms with Crippen LogP contribution in [-0.2, 0) is 36.8 Å². The summed E-state index contributed by atoms with van der Waals surface area (Å²) in [6.07, 6.45) is -34.2. The van der Waals surface area contributed by atoms with Gasteiger partial charge >= 0.3 is 47.8 Å². The highest BCUT2D eigenvalue weighted by Crippen LogP contribution is 2.56. The zero-order valence-corrected chi connectivity index (χ0v) is 24.2. The van der Waals surface area contributed by atoms with Crippen molar-refractivity contribution in [3.63, 3.8) is 0 Å². The Kier molecular flexibility index (Phi) is 10.4. The maximum atomic E-state index is 13.7. The van der Waals surface area contributed by atoms with Gasteiger partial charge < -0.3 is 9.47 Å². The second-order valence-corrected chi connectivity index (χ2v) is 16.7. The van der Waals surface area contributed by atoms with Crippen LogP contribution in [0.1, 0.15) is 65.2 Å². The van der Waals surface area contributed by atoms with Crippen molar-refractivity contribution in [2.24, 2.45) is 11.8 Å². The van der Waals surface area contributed by atoms with Crippen LogP contribution < -0.4 is 0 Å². The smallest absolute Gasteiger partial charge is 0.437 e. The molecule has 0 radical (unpaired) electrons. The highest BCUT2D eigenvalue weighted by molar-refractivity contribution is 8.67. The van der Waals surface area contributed by atoms with Crippen LogP contribution in [0.3, 0.4) is 0 Å². The lowest BCUT2D eigenvalue weighted by Gasteiger charge is -2.44. The normalized spacial score (nSPS) is 25.3. The fourth-order valence-corrected chi connectivity index (χ4v) is 11.9. The topological polar surface area (TPSA) is 121 Å². The third-order valence-corrected chi connectivity index (χ3v) is 14.7. The van der Waals surface area contributed by atoms with Crippen LogP contribution in [0.25, 0.3) is 0 Å². The van der Waals surface area contributed by atoms with E-state index >= 15 is 0 Å². The largest absolute Gasteiger partial charge is 0.439 e. The van der Waals surface area contributed by atoms with Gasteiger partial charge in [0, 0.05) is 25.7 Å². The molecule has 2 aliphatic rings. The van der Waals surface area contributed by atoms with Crippen molar-refractivity contribution in [3.05, 3.63) is 0 Å². The molecule has 0 aromatic carbocycles. The quantitative estimate of drug-likeness (QED) is 0.188. The van der Waals surface area contributed by atoms with E-state index in [4.69, 9.17) is 0 Å². The zero-order valence-electron chi connectivity index (χ0n) is 22.6. The Balaban J connectivity index is 2.33. The Morgan fingerprint density at radius 3 is 0.841 bits per heavy atom. The van der Waals surface area contributed by atoms with Crippen molar-refractivity contribution in [1.29, 1.82) is 0 Å². The van der Waals surface area contributed by atoms with Crippen molar-refractivity contribution in [2.45, 2.75) is 112 Å². The SMILES string of the molecule is CC(=O)OC(C1CCC(S(=O)(=O)S(=O)(=O)C2CCC(C(OC(C)=O)(C(F)(F)F)C(F)(F)F)CC2)CC1)(C(F)(F)F)C(F)(F)F. The van der Waals surface area contributed by atoms with E-state index in [1.165, 1.54) is 0 Å². The highest BCUT2D eigenvalue weighted by Gasteiger charge is 2.78. The van der Waals surface area contributed by atoms with E-state index in [2.05, 4.69) is 9.47 Å². The number of hydrogen-bond acceptors (Lipinski definition) is 8. The molecule has 0 unspecified atom stereocenters. The van der Waals surface area contributed by atoms with Gasteiger partial charge in [-0.15, -0.1) is 0 Å². The molecule has 2 saturated carbocycles. The number of carbonyl (C=O) groups is 2. The molecule has 258 valence electrons. The predicted octanol–water partition coefficient (Wildman–Crippen LogP) is 5.70. The molecule has 0 amide bonds. The summed E-state index contributed by atoms with van der Waals surface area (Å²) in [5.74, 6) is -9.06. The summed E-state index contributed by atoms with van der Waals surface area (Å²) in [5, 5.41) is -4.16. The maximum absolute atomic E-state index is 13.7. The molecule has 0 heterocycles. The molecule has 0 bridgehead atoms. The molecule has 2 rings (SSSR count). The molecule has 44 heavy (non-hydrogen) atoms. The molecule has 0 aliphatic heterocycles. The Morgan fingerprint density at radius 1 is 0.477 bits per heavy atom. The molecule has 0 spiro atoms. The summed E-state index contributed by atoms with van der Waals surface area (Å²) in [5.41, 5.74) is -10.1. The number of esters is 2. The third kappa shape index (κ3) is 6.47. The van der Waals surface area contributed by atoms with Crippen molar-refractivity contribution in [3.8, 4) is 0 Å². The number of carbonyl (C=O) groups excluding carboxylic acids is 2. The van der Waals surface area contributed by atoms with Gasteiger partial charge in [-0.2, -0.15) is 52.7 Å². The number of alkyl halides is 12. The summed E-state index contributed by atoms with van der Waals surface area (Å²) in [6, 6.07) is 0. The average Bonchev–Trinajstić information content (AvgIpc) is 2.82. The summed E-state index contributed by atoms with van der Waals surface area (Å²) in [4.78, 5) is 22.5. The predicted molar refractivity (Wildman–Crippen MR) is 123 cm³/mol. The lowest BCUT2D eigenvalue weighted by Crippen LogP contribution is -2.65. The lowest BCUT2D eigenvalue weighted by molar-refractivity contribution is -0.388. The van der Waals surface area contributed by atoms with Gasteiger partial charge in [0.15, 0.2) is 0 Å². The van der Waals surface area contributed by atoms with E-state index < -0.39 is 139 Å². The van der Waals surface area contributed by atoms with Crippen LogP contribution in [-0.4, -0.2) is 75.2 Å². The van der Waals surface area contributed by atoms with Crippen LogP contribution in [0, 0.1) is 11.8 Å². The first kappa shape index (κ1) is 38.2. The van der Waals surface area contributed by atoms with E-state index in [9.17, 15) is 79.1 Å². The number of hydrogen-bond donors (Lipinski definition) is 0. The van der Waals surface area contributed by atoms with Gasteiger partial charge in [-0.1, -0.05) is 0 Å². The first-order chi connectivity index (χ1) is 19.5. The fourth-order valence-electron chi connectivity index (χ4n) is 5.99. The lowest BCUT2D eigenvalue weighted by atomic mass is 9.75. The second-order valence-electron chi connectivity index (χ2n) is 10.6. The fraction of sp³-hybridized carbons (Fsp3) is 0.909. The van der Waals surface area contributed by atoms with Gasteiger partial charge in [0.1, 0.15) is 0 Å². The molecular weight excluding hydrogens is 684 g/mol. The van der Waals surface area contributed by atoms with Gasteiger partial charge in [-0.3, -0.25) is 9.59 Å². The second kappa shape index (κ2) is 12.0. The molecule has 2 fully saturated rings. The number of halogens is 12. The van der Waals surface area contributed by atoms with Gasteiger partial charge in [-0.25, -0.2) is 16.8 Å². The molecule has 8 nitrogen and oxygen atoms in total. The van der Waals surface area contributed by atoms with E-state index in [-0.39, 0.29) is 13.8 Å². The van der Waals surface area contributed by atoms with Crippen LogP contribution in [0.15, 0.2) is 0 Å². The van der Waals surface area contributed by atoms with Crippen molar-refractivity contribution in [1.82, 2.24) is 0 Å². The van der Waals surface area contributed by atoms with Crippen molar-refractivity contribution >= 4 is 29.7 Å². The molecule has 0 N–H and O–H groups in total. The molecule has 0 atom stereocenters. The van der Waals surface area contributed by atoms with E-state index in [1.807, 2.05) is 0 Å². The summed E-state index contributed by atoms with van der Waals surface area (Å²) >= 11 is 0. The molecular formula is C22H26F12O8S2. The van der Waals surface area contributed by atoms with Crippen LogP contribution >= 0.6 is 0 Å². The average molecular weight is 711 g/mol. The molecule has 2 aliphatic carbocycles. The highest BCUT2D eigenvalue weighted by atomic mass is 33.2. The molecule has 0 saturated heterocycles. The van der Waals surface area contributed by atoms with Crippen LogP contribution in [0.5, 0.6) is 0 Å². The number of ether oxygens (including phenoxy) is 2.